The van der Waals surface area contributed by atoms with Crippen molar-refractivity contribution in [3.05, 3.63) is 22.7 Å². The third-order valence-corrected chi connectivity index (χ3v) is 2.42. The Kier molecular flexibility index (Phi) is 6.08. The summed E-state index contributed by atoms with van der Waals surface area (Å²) in [6, 6.07) is 3.45. The van der Waals surface area contributed by atoms with Crippen molar-refractivity contribution in [2.24, 2.45) is 0 Å². The minimum absolute atomic E-state index is 0.0110. The number of hydrogen-bond donors (Lipinski definition) is 1. The molecule has 0 aliphatic heterocycles. The van der Waals surface area contributed by atoms with E-state index in [1.807, 2.05) is 6.92 Å². The molecule has 3 nitrogen and oxygen atoms in total. The average Bonchev–Trinajstić information content (AvgIpc) is 2.34. The Morgan fingerprint density at radius 2 is 2.18 bits per heavy atom. The molecule has 0 fully saturated rings. The van der Waals surface area contributed by atoms with Gasteiger partial charge < -0.3 is 14.8 Å². The molecule has 96 valence electrons. The van der Waals surface area contributed by atoms with Gasteiger partial charge in [-0.15, -0.1) is 0 Å². The molecule has 0 bridgehead atoms. The van der Waals surface area contributed by atoms with Gasteiger partial charge in [-0.1, -0.05) is 18.5 Å². The molecule has 0 heterocycles. The highest BCUT2D eigenvalue weighted by Crippen LogP contribution is 2.34. The SMILES string of the molecule is CCNCc1cc(Cl)cc(OC)c1OCCF. The Bertz CT molecular complexity index is 361. The molecule has 0 unspecified atom stereocenters. The predicted octanol–water partition coefficient (Wildman–Crippen LogP) is 2.81. The van der Waals surface area contributed by atoms with Gasteiger partial charge in [-0.2, -0.15) is 0 Å². The number of hydrogen-bond acceptors (Lipinski definition) is 3. The predicted molar refractivity (Wildman–Crippen MR) is 66.9 cm³/mol. The number of benzene rings is 1. The molecule has 0 atom stereocenters. The molecule has 1 aromatic rings. The van der Waals surface area contributed by atoms with Crippen molar-refractivity contribution in [1.29, 1.82) is 0 Å². The highest BCUT2D eigenvalue weighted by molar-refractivity contribution is 6.30. The Morgan fingerprint density at radius 1 is 1.41 bits per heavy atom. The lowest BCUT2D eigenvalue weighted by Crippen LogP contribution is -2.14. The summed E-state index contributed by atoms with van der Waals surface area (Å²) in [6.45, 7) is 2.92. The van der Waals surface area contributed by atoms with Gasteiger partial charge in [0.05, 0.1) is 7.11 Å². The number of nitrogens with one attached hydrogen (secondary N) is 1. The van der Waals surface area contributed by atoms with Crippen LogP contribution in [0.2, 0.25) is 5.02 Å². The first-order chi connectivity index (χ1) is 8.22. The second-order valence-electron chi connectivity index (χ2n) is 3.41. The van der Waals surface area contributed by atoms with Crippen LogP contribution in [0.4, 0.5) is 4.39 Å². The highest BCUT2D eigenvalue weighted by atomic mass is 35.5. The van der Waals surface area contributed by atoms with E-state index in [9.17, 15) is 4.39 Å². The van der Waals surface area contributed by atoms with Gasteiger partial charge in [0.1, 0.15) is 13.3 Å². The van der Waals surface area contributed by atoms with Crippen LogP contribution in [0.5, 0.6) is 11.5 Å². The Morgan fingerprint density at radius 3 is 2.76 bits per heavy atom. The molecule has 0 aliphatic rings. The summed E-state index contributed by atoms with van der Waals surface area (Å²) in [5, 5.41) is 3.74. The van der Waals surface area contributed by atoms with Crippen LogP contribution in [0.1, 0.15) is 12.5 Å². The van der Waals surface area contributed by atoms with E-state index in [4.69, 9.17) is 21.1 Å². The third kappa shape index (κ3) is 4.06. The molecule has 1 N–H and O–H groups in total. The molecule has 1 aromatic carbocycles. The molecular weight excluding hydrogens is 245 g/mol. The van der Waals surface area contributed by atoms with Crippen molar-refractivity contribution in [1.82, 2.24) is 5.32 Å². The van der Waals surface area contributed by atoms with E-state index in [1.165, 1.54) is 7.11 Å². The lowest BCUT2D eigenvalue weighted by Gasteiger charge is -2.15. The lowest BCUT2D eigenvalue weighted by atomic mass is 10.2. The van der Waals surface area contributed by atoms with Gasteiger partial charge in [0.15, 0.2) is 11.5 Å². The Hall–Kier alpha value is -1.00. The van der Waals surface area contributed by atoms with Gasteiger partial charge in [-0.3, -0.25) is 0 Å². The maximum Gasteiger partial charge on any atom is 0.165 e. The zero-order chi connectivity index (χ0) is 12.7. The van der Waals surface area contributed by atoms with Crippen LogP contribution in [0.15, 0.2) is 12.1 Å². The largest absolute Gasteiger partial charge is 0.493 e. The van der Waals surface area contributed by atoms with Crippen molar-refractivity contribution in [2.75, 3.05) is 26.9 Å². The molecular formula is C12H17ClFNO2. The van der Waals surface area contributed by atoms with Crippen LogP contribution in [0.3, 0.4) is 0 Å². The van der Waals surface area contributed by atoms with Gasteiger partial charge >= 0.3 is 0 Å². The van der Waals surface area contributed by atoms with Crippen molar-refractivity contribution in [2.45, 2.75) is 13.5 Å². The Balaban J connectivity index is 2.99. The van der Waals surface area contributed by atoms with Crippen molar-refractivity contribution < 1.29 is 13.9 Å². The molecule has 1 rings (SSSR count). The summed E-state index contributed by atoms with van der Waals surface area (Å²) in [5.74, 6) is 1.08. The summed E-state index contributed by atoms with van der Waals surface area (Å²) >= 11 is 5.98. The molecule has 0 saturated carbocycles. The monoisotopic (exact) mass is 261 g/mol. The number of alkyl halides is 1. The summed E-state index contributed by atoms with van der Waals surface area (Å²) in [4.78, 5) is 0. The second-order valence-corrected chi connectivity index (χ2v) is 3.85. The van der Waals surface area contributed by atoms with E-state index in [0.717, 1.165) is 12.1 Å². The Labute approximate surface area is 106 Å². The molecule has 0 saturated heterocycles. The van der Waals surface area contributed by atoms with E-state index < -0.39 is 6.67 Å². The van der Waals surface area contributed by atoms with Crippen LogP contribution in [0.25, 0.3) is 0 Å². The zero-order valence-corrected chi connectivity index (χ0v) is 10.8. The normalized spacial score (nSPS) is 10.4. The van der Waals surface area contributed by atoms with Crippen LogP contribution in [-0.2, 0) is 6.54 Å². The summed E-state index contributed by atoms with van der Waals surface area (Å²) in [7, 11) is 1.53. The number of rotatable bonds is 7. The number of ether oxygens (including phenoxy) is 2. The van der Waals surface area contributed by atoms with Crippen LogP contribution in [-0.4, -0.2) is 26.9 Å². The summed E-state index contributed by atoms with van der Waals surface area (Å²) in [6.07, 6.45) is 0. The van der Waals surface area contributed by atoms with E-state index in [2.05, 4.69) is 5.32 Å². The maximum absolute atomic E-state index is 12.2. The maximum atomic E-state index is 12.2. The van der Waals surface area contributed by atoms with Gasteiger partial charge in [0.25, 0.3) is 0 Å². The van der Waals surface area contributed by atoms with E-state index in [1.54, 1.807) is 12.1 Å². The van der Waals surface area contributed by atoms with E-state index >= 15 is 0 Å². The zero-order valence-electron chi connectivity index (χ0n) is 10.1. The smallest absolute Gasteiger partial charge is 0.165 e. The van der Waals surface area contributed by atoms with Gasteiger partial charge in [-0.25, -0.2) is 4.39 Å². The minimum atomic E-state index is -0.535. The lowest BCUT2D eigenvalue weighted by molar-refractivity contribution is 0.257. The second kappa shape index (κ2) is 7.35. The fraction of sp³-hybridized carbons (Fsp3) is 0.500. The van der Waals surface area contributed by atoms with Crippen LogP contribution in [0, 0.1) is 0 Å². The van der Waals surface area contributed by atoms with Gasteiger partial charge in [-0.05, 0) is 12.6 Å². The first-order valence-electron chi connectivity index (χ1n) is 5.48. The average molecular weight is 262 g/mol. The highest BCUT2D eigenvalue weighted by Gasteiger charge is 2.12. The van der Waals surface area contributed by atoms with Crippen molar-refractivity contribution in [3.63, 3.8) is 0 Å². The number of halogens is 2. The molecule has 0 radical (unpaired) electrons. The molecule has 0 spiro atoms. The van der Waals surface area contributed by atoms with Crippen molar-refractivity contribution in [3.8, 4) is 11.5 Å². The van der Waals surface area contributed by atoms with Crippen LogP contribution < -0.4 is 14.8 Å². The molecule has 0 aliphatic carbocycles. The minimum Gasteiger partial charge on any atom is -0.493 e. The quantitative estimate of drug-likeness (QED) is 0.819. The molecule has 0 aromatic heterocycles. The van der Waals surface area contributed by atoms with Crippen molar-refractivity contribution >= 4 is 11.6 Å². The van der Waals surface area contributed by atoms with E-state index in [-0.39, 0.29) is 6.61 Å². The topological polar surface area (TPSA) is 30.5 Å². The number of methoxy groups -OCH3 is 1. The molecule has 17 heavy (non-hydrogen) atoms. The molecule has 0 amide bonds. The third-order valence-electron chi connectivity index (χ3n) is 2.21. The fourth-order valence-electron chi connectivity index (χ4n) is 1.47. The van der Waals surface area contributed by atoms with Gasteiger partial charge in [0.2, 0.25) is 0 Å². The fourth-order valence-corrected chi connectivity index (χ4v) is 1.70. The van der Waals surface area contributed by atoms with Gasteiger partial charge in [0, 0.05) is 23.2 Å². The first-order valence-corrected chi connectivity index (χ1v) is 5.86. The summed E-state index contributed by atoms with van der Waals surface area (Å²) < 4.78 is 22.7. The van der Waals surface area contributed by atoms with E-state index in [0.29, 0.717) is 23.1 Å². The van der Waals surface area contributed by atoms with Crippen LogP contribution >= 0.6 is 11.6 Å². The first kappa shape index (κ1) is 14.1. The standard InChI is InChI=1S/C12H17ClFNO2/c1-3-15-8-9-6-10(13)7-11(16-2)12(9)17-5-4-14/h6-7,15H,3-5,8H2,1-2H3. The summed E-state index contributed by atoms with van der Waals surface area (Å²) in [5.41, 5.74) is 0.865. The molecule has 5 heteroatoms.